The van der Waals surface area contributed by atoms with E-state index in [0.29, 0.717) is 0 Å². The Morgan fingerprint density at radius 1 is 1.00 bits per heavy atom. The van der Waals surface area contributed by atoms with Crippen LogP contribution in [0.2, 0.25) is 0 Å². The van der Waals surface area contributed by atoms with E-state index in [-0.39, 0.29) is 2.14 Å². The van der Waals surface area contributed by atoms with Gasteiger partial charge in [0, 0.05) is 0 Å². The molecule has 60 valence electrons. The van der Waals surface area contributed by atoms with Crippen LogP contribution in [0.5, 0.6) is 0 Å². The van der Waals surface area contributed by atoms with E-state index in [1.165, 1.54) is 5.56 Å². The minimum atomic E-state index is -0.277. The van der Waals surface area contributed by atoms with Gasteiger partial charge in [0.15, 0.2) is 2.14 Å². The third-order valence-electron chi connectivity index (χ3n) is 1.38. The Morgan fingerprint density at radius 3 is 1.82 bits per heavy atom. The Bertz CT molecular complexity index is 233. The zero-order chi connectivity index (χ0) is 8.48. The Morgan fingerprint density at radius 2 is 1.45 bits per heavy atom. The Balaban J connectivity index is 2.99. The average Bonchev–Trinajstić information content (AvgIpc) is 1.86. The molecule has 1 aromatic carbocycles. The fraction of sp³-hybridized carbons (Fsp3) is 0.250. The molecule has 1 rings (SSSR count). The Hall–Kier alpha value is 0.660. The van der Waals surface area contributed by atoms with Gasteiger partial charge in [-0.05, 0) is 12.5 Å². The molecule has 0 nitrogen and oxygen atoms in total. The molecular formula is C8H7Br3. The fourth-order valence-corrected chi connectivity index (χ4v) is 1.54. The van der Waals surface area contributed by atoms with Gasteiger partial charge in [0.25, 0.3) is 0 Å². The first-order valence-electron chi connectivity index (χ1n) is 3.14. The lowest BCUT2D eigenvalue weighted by atomic mass is 10.2. The van der Waals surface area contributed by atoms with E-state index in [2.05, 4.69) is 79.0 Å². The van der Waals surface area contributed by atoms with Crippen LogP contribution in [0.4, 0.5) is 0 Å². The number of hydrogen-bond donors (Lipinski definition) is 0. The van der Waals surface area contributed by atoms with E-state index in [4.69, 9.17) is 0 Å². The average molecular weight is 343 g/mol. The highest BCUT2D eigenvalue weighted by Crippen LogP contribution is 2.44. The molecule has 0 aliphatic carbocycles. The lowest BCUT2D eigenvalue weighted by molar-refractivity contribution is 1.33. The summed E-state index contributed by atoms with van der Waals surface area (Å²) in [6, 6.07) is 8.28. The summed E-state index contributed by atoms with van der Waals surface area (Å²) in [5.41, 5.74) is 2.42. The molecule has 3 heteroatoms. The molecule has 0 aromatic heterocycles. The molecule has 11 heavy (non-hydrogen) atoms. The molecule has 0 radical (unpaired) electrons. The van der Waals surface area contributed by atoms with E-state index in [0.717, 1.165) is 5.56 Å². The van der Waals surface area contributed by atoms with E-state index in [1.54, 1.807) is 0 Å². The summed E-state index contributed by atoms with van der Waals surface area (Å²) in [7, 11) is 0. The maximum Gasteiger partial charge on any atom is 0.159 e. The molecular weight excluding hydrogens is 336 g/mol. The fourth-order valence-electron chi connectivity index (χ4n) is 0.743. The highest BCUT2D eigenvalue weighted by molar-refractivity contribution is 9.38. The van der Waals surface area contributed by atoms with Gasteiger partial charge >= 0.3 is 0 Å². The van der Waals surface area contributed by atoms with Crippen LogP contribution < -0.4 is 0 Å². The van der Waals surface area contributed by atoms with Crippen molar-refractivity contribution in [3.63, 3.8) is 0 Å². The Kier molecular flexibility index (Phi) is 3.18. The highest BCUT2D eigenvalue weighted by atomic mass is 80.0. The van der Waals surface area contributed by atoms with Crippen molar-refractivity contribution in [2.45, 2.75) is 9.07 Å². The van der Waals surface area contributed by atoms with Gasteiger partial charge in [-0.1, -0.05) is 77.6 Å². The minimum Gasteiger partial charge on any atom is -0.0589 e. The molecule has 0 saturated carbocycles. The highest BCUT2D eigenvalue weighted by Gasteiger charge is 2.19. The zero-order valence-electron chi connectivity index (χ0n) is 5.94. The first-order chi connectivity index (χ1) is 5.00. The molecule has 0 N–H and O–H groups in total. The van der Waals surface area contributed by atoms with Gasteiger partial charge in [-0.3, -0.25) is 0 Å². The van der Waals surface area contributed by atoms with Crippen molar-refractivity contribution >= 4 is 47.8 Å². The lowest BCUT2D eigenvalue weighted by Crippen LogP contribution is -1.96. The molecule has 0 heterocycles. The zero-order valence-corrected chi connectivity index (χ0v) is 10.7. The number of halogens is 3. The minimum absolute atomic E-state index is 0.277. The van der Waals surface area contributed by atoms with Crippen LogP contribution in [0.15, 0.2) is 24.3 Å². The van der Waals surface area contributed by atoms with Gasteiger partial charge < -0.3 is 0 Å². The van der Waals surface area contributed by atoms with E-state index in [9.17, 15) is 0 Å². The molecule has 0 aliphatic heterocycles. The van der Waals surface area contributed by atoms with Crippen LogP contribution in [-0.2, 0) is 2.14 Å². The molecule has 1 aromatic rings. The third-order valence-corrected chi connectivity index (χ3v) is 2.75. The van der Waals surface area contributed by atoms with Crippen molar-refractivity contribution in [1.82, 2.24) is 0 Å². The predicted octanol–water partition coefficient (Wildman–Crippen LogP) is 4.29. The van der Waals surface area contributed by atoms with Crippen molar-refractivity contribution in [2.24, 2.45) is 0 Å². The number of aryl methyl sites for hydroxylation is 1. The molecule has 0 amide bonds. The van der Waals surface area contributed by atoms with E-state index < -0.39 is 0 Å². The van der Waals surface area contributed by atoms with Crippen LogP contribution in [0.3, 0.4) is 0 Å². The molecule has 0 spiro atoms. The standard InChI is InChI=1S/C8H7Br3/c1-6-2-4-7(5-3-6)8(9,10)11/h2-5H,1H3. The summed E-state index contributed by atoms with van der Waals surface area (Å²) in [5, 5.41) is 0. The summed E-state index contributed by atoms with van der Waals surface area (Å²) >= 11 is 10.3. The number of rotatable bonds is 0. The van der Waals surface area contributed by atoms with Gasteiger partial charge in [0.2, 0.25) is 0 Å². The first kappa shape index (κ1) is 9.75. The van der Waals surface area contributed by atoms with E-state index in [1.807, 2.05) is 0 Å². The van der Waals surface area contributed by atoms with Crippen molar-refractivity contribution in [3.05, 3.63) is 35.4 Å². The van der Waals surface area contributed by atoms with E-state index >= 15 is 0 Å². The summed E-state index contributed by atoms with van der Waals surface area (Å²) in [6.07, 6.45) is 0. The van der Waals surface area contributed by atoms with Crippen LogP contribution in [0.1, 0.15) is 11.1 Å². The van der Waals surface area contributed by atoms with Gasteiger partial charge in [0.1, 0.15) is 0 Å². The van der Waals surface area contributed by atoms with Crippen molar-refractivity contribution in [3.8, 4) is 0 Å². The quantitative estimate of drug-likeness (QED) is 0.617. The normalized spacial score (nSPS) is 11.6. The second-order valence-corrected chi connectivity index (χ2v) is 9.12. The molecule has 0 aliphatic rings. The largest absolute Gasteiger partial charge is 0.159 e. The monoisotopic (exact) mass is 340 g/mol. The van der Waals surface area contributed by atoms with Crippen molar-refractivity contribution in [1.29, 1.82) is 0 Å². The van der Waals surface area contributed by atoms with Gasteiger partial charge in [-0.2, -0.15) is 0 Å². The second-order valence-electron chi connectivity index (χ2n) is 2.36. The predicted molar refractivity (Wildman–Crippen MR) is 59.6 cm³/mol. The van der Waals surface area contributed by atoms with Crippen LogP contribution in [0, 0.1) is 6.92 Å². The molecule has 0 unspecified atom stereocenters. The third kappa shape index (κ3) is 2.88. The smallest absolute Gasteiger partial charge is 0.0589 e. The summed E-state index contributed by atoms with van der Waals surface area (Å²) in [4.78, 5) is 0. The van der Waals surface area contributed by atoms with Gasteiger partial charge in [-0.25, -0.2) is 0 Å². The molecule has 0 atom stereocenters. The molecule has 0 bridgehead atoms. The Labute approximate surface area is 91.8 Å². The summed E-state index contributed by atoms with van der Waals surface area (Å²) < 4.78 is -0.277. The topological polar surface area (TPSA) is 0 Å². The summed E-state index contributed by atoms with van der Waals surface area (Å²) in [6.45, 7) is 2.07. The molecule has 0 fully saturated rings. The van der Waals surface area contributed by atoms with Crippen LogP contribution in [-0.4, -0.2) is 0 Å². The SMILES string of the molecule is Cc1ccc(C(Br)(Br)Br)cc1. The van der Waals surface area contributed by atoms with Crippen LogP contribution in [0.25, 0.3) is 0 Å². The maximum atomic E-state index is 3.44. The summed E-state index contributed by atoms with van der Waals surface area (Å²) in [5.74, 6) is 0. The van der Waals surface area contributed by atoms with Gasteiger partial charge in [-0.15, -0.1) is 0 Å². The van der Waals surface area contributed by atoms with Crippen molar-refractivity contribution < 1.29 is 0 Å². The van der Waals surface area contributed by atoms with Gasteiger partial charge in [0.05, 0.1) is 0 Å². The number of hydrogen-bond acceptors (Lipinski definition) is 0. The second kappa shape index (κ2) is 3.58. The lowest BCUT2D eigenvalue weighted by Gasteiger charge is -2.11. The maximum absolute atomic E-state index is 3.44. The van der Waals surface area contributed by atoms with Crippen LogP contribution >= 0.6 is 47.8 Å². The number of benzene rings is 1. The van der Waals surface area contributed by atoms with Crippen molar-refractivity contribution in [2.75, 3.05) is 0 Å². The molecule has 0 saturated heterocycles. The number of alkyl halides is 3. The first-order valence-corrected chi connectivity index (χ1v) is 5.52.